The molecule has 2 atom stereocenters. The van der Waals surface area contributed by atoms with Crippen molar-refractivity contribution in [2.24, 2.45) is 0 Å². The minimum Gasteiger partial charge on any atom is -0.456 e. The van der Waals surface area contributed by atoms with E-state index < -0.39 is 24.4 Å². The second-order valence-corrected chi connectivity index (χ2v) is 4.62. The Kier molecular flexibility index (Phi) is 3.80. The Morgan fingerprint density at radius 2 is 2.05 bits per heavy atom. The first-order valence-electron chi connectivity index (χ1n) is 5.96. The maximum atomic E-state index is 12.9. The van der Waals surface area contributed by atoms with E-state index in [1.807, 2.05) is 6.92 Å². The third-order valence-electron chi connectivity index (χ3n) is 3.08. The zero-order valence-electron chi connectivity index (χ0n) is 10.3. The van der Waals surface area contributed by atoms with E-state index >= 15 is 0 Å². The lowest BCUT2D eigenvalue weighted by Gasteiger charge is -2.16. The molecule has 0 saturated carbocycles. The molecular weight excluding hydrogens is 259 g/mol. The second kappa shape index (κ2) is 5.21. The molecule has 0 aliphatic carbocycles. The number of hydrogen-bond donors (Lipinski definition) is 1. The number of carbonyl (C=O) groups excluding carboxylic acids is 1. The van der Waals surface area contributed by atoms with Crippen LogP contribution in [-0.4, -0.2) is 24.5 Å². The molecule has 1 saturated heterocycles. The first kappa shape index (κ1) is 13.9. The Hall–Kier alpha value is -1.56. The topological polar surface area (TPSA) is 38.3 Å². The summed E-state index contributed by atoms with van der Waals surface area (Å²) in [5.41, 5.74) is 0.831. The standard InChI is InChI=1S/C13H14F3NO2/c1-8(9-2-4-10(14)5-3-9)17-7-11-6-13(15,16)12(18)19-11/h2-5,8,11,17H,6-7H2,1H3/t8-,11?/m1/s1. The molecule has 1 aliphatic rings. The molecular formula is C13H14F3NO2. The van der Waals surface area contributed by atoms with Gasteiger partial charge in [0.2, 0.25) is 0 Å². The minimum atomic E-state index is -3.38. The number of esters is 1. The van der Waals surface area contributed by atoms with Crippen molar-refractivity contribution >= 4 is 5.97 Å². The van der Waals surface area contributed by atoms with Crippen LogP contribution in [0.3, 0.4) is 0 Å². The van der Waals surface area contributed by atoms with E-state index in [2.05, 4.69) is 10.1 Å². The largest absolute Gasteiger partial charge is 0.456 e. The Balaban J connectivity index is 1.86. The second-order valence-electron chi connectivity index (χ2n) is 4.62. The monoisotopic (exact) mass is 273 g/mol. The smallest absolute Gasteiger partial charge is 0.377 e. The van der Waals surface area contributed by atoms with Gasteiger partial charge in [0.15, 0.2) is 0 Å². The highest BCUT2D eigenvalue weighted by Crippen LogP contribution is 2.30. The summed E-state index contributed by atoms with van der Waals surface area (Å²) >= 11 is 0. The van der Waals surface area contributed by atoms with Crippen LogP contribution in [0.2, 0.25) is 0 Å². The molecule has 1 N–H and O–H groups in total. The third kappa shape index (κ3) is 3.26. The summed E-state index contributed by atoms with van der Waals surface area (Å²) in [4.78, 5) is 10.8. The molecule has 1 fully saturated rings. The van der Waals surface area contributed by atoms with Crippen molar-refractivity contribution in [2.45, 2.75) is 31.4 Å². The van der Waals surface area contributed by atoms with Gasteiger partial charge < -0.3 is 10.1 Å². The molecule has 6 heteroatoms. The molecule has 1 unspecified atom stereocenters. The summed E-state index contributed by atoms with van der Waals surface area (Å²) in [5.74, 6) is -5.18. The van der Waals surface area contributed by atoms with E-state index in [0.717, 1.165) is 5.56 Å². The molecule has 19 heavy (non-hydrogen) atoms. The molecule has 0 spiro atoms. The maximum Gasteiger partial charge on any atom is 0.377 e. The van der Waals surface area contributed by atoms with Crippen LogP contribution in [0.15, 0.2) is 24.3 Å². The van der Waals surface area contributed by atoms with Gasteiger partial charge in [-0.25, -0.2) is 9.18 Å². The Morgan fingerprint density at radius 3 is 2.58 bits per heavy atom. The van der Waals surface area contributed by atoms with Crippen LogP contribution in [0.1, 0.15) is 24.9 Å². The molecule has 2 rings (SSSR count). The number of cyclic esters (lactones) is 1. The first-order chi connectivity index (χ1) is 8.88. The summed E-state index contributed by atoms with van der Waals surface area (Å²) < 4.78 is 43.2. The van der Waals surface area contributed by atoms with Crippen LogP contribution >= 0.6 is 0 Å². The summed E-state index contributed by atoms with van der Waals surface area (Å²) in [6.45, 7) is 1.96. The van der Waals surface area contributed by atoms with Gasteiger partial charge in [0.25, 0.3) is 0 Å². The lowest BCUT2D eigenvalue weighted by atomic mass is 10.1. The zero-order chi connectivity index (χ0) is 14.0. The Bertz CT molecular complexity index is 461. The van der Waals surface area contributed by atoms with Crippen LogP contribution in [0, 0.1) is 5.82 Å². The van der Waals surface area contributed by atoms with E-state index in [0.29, 0.717) is 0 Å². The number of rotatable bonds is 4. The highest BCUT2D eigenvalue weighted by atomic mass is 19.3. The first-order valence-corrected chi connectivity index (χ1v) is 5.96. The Labute approximate surface area is 108 Å². The summed E-state index contributed by atoms with van der Waals surface area (Å²) in [6.07, 6.45) is -1.43. The van der Waals surface area contributed by atoms with Crippen LogP contribution in [0.5, 0.6) is 0 Å². The van der Waals surface area contributed by atoms with E-state index in [-0.39, 0.29) is 18.4 Å². The highest BCUT2D eigenvalue weighted by molar-refractivity contribution is 5.79. The molecule has 0 bridgehead atoms. The van der Waals surface area contributed by atoms with Gasteiger partial charge in [0.05, 0.1) is 6.42 Å². The van der Waals surface area contributed by atoms with Crippen molar-refractivity contribution in [3.8, 4) is 0 Å². The van der Waals surface area contributed by atoms with Crippen LogP contribution in [0.25, 0.3) is 0 Å². The van der Waals surface area contributed by atoms with E-state index in [1.165, 1.54) is 12.1 Å². The molecule has 1 aliphatic heterocycles. The van der Waals surface area contributed by atoms with Crippen molar-refractivity contribution in [2.75, 3.05) is 6.54 Å². The third-order valence-corrected chi connectivity index (χ3v) is 3.08. The van der Waals surface area contributed by atoms with Crippen molar-refractivity contribution in [3.63, 3.8) is 0 Å². The average Bonchev–Trinajstić information content (AvgIpc) is 2.61. The fourth-order valence-electron chi connectivity index (χ4n) is 1.94. The van der Waals surface area contributed by atoms with Gasteiger partial charge in [-0.3, -0.25) is 0 Å². The minimum absolute atomic E-state index is 0.139. The molecule has 104 valence electrons. The van der Waals surface area contributed by atoms with Crippen molar-refractivity contribution < 1.29 is 22.7 Å². The Morgan fingerprint density at radius 1 is 1.42 bits per heavy atom. The summed E-state index contributed by atoms with van der Waals surface area (Å²) in [7, 11) is 0. The maximum absolute atomic E-state index is 12.9. The van der Waals surface area contributed by atoms with E-state index in [1.54, 1.807) is 12.1 Å². The summed E-state index contributed by atoms with van der Waals surface area (Å²) in [6, 6.07) is 5.74. The van der Waals surface area contributed by atoms with Crippen molar-refractivity contribution in [1.82, 2.24) is 5.32 Å². The van der Waals surface area contributed by atoms with E-state index in [4.69, 9.17) is 0 Å². The normalized spacial score (nSPS) is 23.2. The van der Waals surface area contributed by atoms with Crippen molar-refractivity contribution in [1.29, 1.82) is 0 Å². The number of benzene rings is 1. The quantitative estimate of drug-likeness (QED) is 0.856. The van der Waals surface area contributed by atoms with Gasteiger partial charge in [-0.15, -0.1) is 0 Å². The summed E-state index contributed by atoms with van der Waals surface area (Å²) in [5, 5.41) is 2.99. The van der Waals surface area contributed by atoms with Crippen LogP contribution in [0.4, 0.5) is 13.2 Å². The number of halogens is 3. The van der Waals surface area contributed by atoms with Crippen LogP contribution in [-0.2, 0) is 9.53 Å². The van der Waals surface area contributed by atoms with Gasteiger partial charge in [-0.05, 0) is 24.6 Å². The van der Waals surface area contributed by atoms with Gasteiger partial charge >= 0.3 is 11.9 Å². The highest BCUT2D eigenvalue weighted by Gasteiger charge is 2.50. The molecule has 3 nitrogen and oxygen atoms in total. The lowest BCUT2D eigenvalue weighted by molar-refractivity contribution is -0.159. The SMILES string of the molecule is C[C@@H](NCC1CC(F)(F)C(=O)O1)c1ccc(F)cc1. The lowest BCUT2D eigenvalue weighted by Crippen LogP contribution is -2.29. The van der Waals surface area contributed by atoms with Gasteiger partial charge in [-0.1, -0.05) is 12.1 Å². The average molecular weight is 273 g/mol. The predicted octanol–water partition coefficient (Wildman–Crippen LogP) is 2.43. The van der Waals surface area contributed by atoms with E-state index in [9.17, 15) is 18.0 Å². The molecule has 1 aromatic carbocycles. The van der Waals surface area contributed by atoms with Crippen LogP contribution < -0.4 is 5.32 Å². The molecule has 0 aromatic heterocycles. The fraction of sp³-hybridized carbons (Fsp3) is 0.462. The fourth-order valence-corrected chi connectivity index (χ4v) is 1.94. The van der Waals surface area contributed by atoms with Gasteiger partial charge in [0, 0.05) is 12.6 Å². The van der Waals surface area contributed by atoms with Gasteiger partial charge in [0.1, 0.15) is 11.9 Å². The zero-order valence-corrected chi connectivity index (χ0v) is 10.3. The van der Waals surface area contributed by atoms with Crippen molar-refractivity contribution in [3.05, 3.63) is 35.6 Å². The number of hydrogen-bond acceptors (Lipinski definition) is 3. The number of nitrogens with one attached hydrogen (secondary N) is 1. The number of alkyl halides is 2. The molecule has 0 radical (unpaired) electrons. The predicted molar refractivity (Wildman–Crippen MR) is 62.3 cm³/mol. The molecule has 0 amide bonds. The number of carbonyl (C=O) groups is 1. The molecule has 1 aromatic rings. The van der Waals surface area contributed by atoms with Gasteiger partial charge in [-0.2, -0.15) is 8.78 Å². The molecule has 1 heterocycles. The number of ether oxygens (including phenoxy) is 1.